The maximum absolute atomic E-state index is 13.1. The summed E-state index contributed by atoms with van der Waals surface area (Å²) in [6, 6.07) is 7.86. The SMILES string of the molecule is O=C(O)[C@H]1[C@@H]2C=C[C@@]3(O2)[C@H]1C(=O)N1CCc2c([nH]c4ccccc24)[C@@H]13. The summed E-state index contributed by atoms with van der Waals surface area (Å²) in [5, 5.41) is 10.8. The summed E-state index contributed by atoms with van der Waals surface area (Å²) in [4.78, 5) is 30.2. The lowest BCUT2D eigenvalue weighted by molar-refractivity contribution is -0.148. The molecule has 0 saturated carbocycles. The normalized spacial score (nSPS) is 37.4. The number of amides is 1. The van der Waals surface area contributed by atoms with Crippen LogP contribution in [0.15, 0.2) is 36.4 Å². The van der Waals surface area contributed by atoms with Gasteiger partial charge in [-0.05, 0) is 18.1 Å². The van der Waals surface area contributed by atoms with Crippen LogP contribution in [-0.2, 0) is 20.7 Å². The number of aromatic nitrogens is 1. The van der Waals surface area contributed by atoms with Crippen LogP contribution in [0.5, 0.6) is 0 Å². The highest BCUT2D eigenvalue weighted by atomic mass is 16.5. The van der Waals surface area contributed by atoms with Gasteiger partial charge in [0.15, 0.2) is 0 Å². The van der Waals surface area contributed by atoms with Crippen LogP contribution in [0.2, 0.25) is 0 Å². The maximum Gasteiger partial charge on any atom is 0.310 e. The zero-order valence-electron chi connectivity index (χ0n) is 13.3. The van der Waals surface area contributed by atoms with Gasteiger partial charge in [0.1, 0.15) is 17.6 Å². The summed E-state index contributed by atoms with van der Waals surface area (Å²) in [7, 11) is 0. The van der Waals surface area contributed by atoms with Crippen molar-refractivity contribution < 1.29 is 19.4 Å². The van der Waals surface area contributed by atoms with Crippen molar-refractivity contribution in [2.45, 2.75) is 24.2 Å². The second kappa shape index (κ2) is 4.14. The molecule has 2 saturated heterocycles. The van der Waals surface area contributed by atoms with Crippen LogP contribution in [0.25, 0.3) is 10.9 Å². The Morgan fingerprint density at radius 1 is 1.36 bits per heavy atom. The summed E-state index contributed by atoms with van der Waals surface area (Å²) in [6.45, 7) is 0.602. The van der Waals surface area contributed by atoms with Gasteiger partial charge in [0, 0.05) is 23.1 Å². The van der Waals surface area contributed by atoms with Crippen molar-refractivity contribution in [1.82, 2.24) is 9.88 Å². The Kier molecular flexibility index (Phi) is 2.26. The largest absolute Gasteiger partial charge is 0.481 e. The molecule has 1 spiro atoms. The molecule has 0 aliphatic carbocycles. The summed E-state index contributed by atoms with van der Waals surface area (Å²) in [6.07, 6.45) is 4.02. The Balaban J connectivity index is 1.60. The smallest absolute Gasteiger partial charge is 0.310 e. The molecule has 25 heavy (non-hydrogen) atoms. The molecule has 5 heterocycles. The third kappa shape index (κ3) is 1.38. The number of fused-ring (bicyclic) bond motifs is 6. The number of hydrogen-bond acceptors (Lipinski definition) is 3. The number of carboxylic acids is 1. The number of ether oxygens (including phenoxy) is 1. The van der Waals surface area contributed by atoms with Crippen molar-refractivity contribution in [1.29, 1.82) is 0 Å². The fourth-order valence-electron chi connectivity index (χ4n) is 5.48. The van der Waals surface area contributed by atoms with Gasteiger partial charge in [-0.25, -0.2) is 0 Å². The highest BCUT2D eigenvalue weighted by Gasteiger charge is 2.72. The number of carbonyl (C=O) groups excluding carboxylic acids is 1. The predicted molar refractivity (Wildman–Crippen MR) is 87.8 cm³/mol. The highest BCUT2D eigenvalue weighted by Crippen LogP contribution is 2.61. The molecule has 4 aliphatic heterocycles. The number of para-hydroxylation sites is 1. The molecule has 1 aromatic heterocycles. The highest BCUT2D eigenvalue weighted by molar-refractivity contribution is 5.93. The molecule has 1 amide bonds. The summed E-state index contributed by atoms with van der Waals surface area (Å²) in [5.41, 5.74) is 2.41. The molecule has 2 N–H and O–H groups in total. The first-order valence-corrected chi connectivity index (χ1v) is 8.62. The van der Waals surface area contributed by atoms with E-state index in [9.17, 15) is 14.7 Å². The Hall–Kier alpha value is -2.60. The Bertz CT molecular complexity index is 992. The zero-order chi connectivity index (χ0) is 16.9. The van der Waals surface area contributed by atoms with Gasteiger partial charge >= 0.3 is 5.97 Å². The molecule has 4 aliphatic rings. The minimum Gasteiger partial charge on any atom is -0.481 e. The van der Waals surface area contributed by atoms with E-state index in [-0.39, 0.29) is 11.9 Å². The lowest BCUT2D eigenvalue weighted by atomic mass is 9.73. The number of nitrogens with zero attached hydrogens (tertiary/aromatic N) is 1. The molecule has 6 rings (SSSR count). The van der Waals surface area contributed by atoms with Crippen LogP contribution >= 0.6 is 0 Å². The fraction of sp³-hybridized carbons (Fsp3) is 0.368. The van der Waals surface area contributed by atoms with Gasteiger partial charge in [0.05, 0.1) is 12.0 Å². The van der Waals surface area contributed by atoms with Crippen molar-refractivity contribution in [3.63, 3.8) is 0 Å². The second-order valence-electron chi connectivity index (χ2n) is 7.38. The number of benzene rings is 1. The Labute approximate surface area is 143 Å². The molecular weight excluding hydrogens is 320 g/mol. The van der Waals surface area contributed by atoms with E-state index in [1.807, 2.05) is 35.3 Å². The van der Waals surface area contributed by atoms with E-state index in [1.165, 1.54) is 10.9 Å². The second-order valence-corrected chi connectivity index (χ2v) is 7.38. The van der Waals surface area contributed by atoms with E-state index in [0.29, 0.717) is 6.54 Å². The van der Waals surface area contributed by atoms with Crippen molar-refractivity contribution in [2.24, 2.45) is 11.8 Å². The van der Waals surface area contributed by atoms with E-state index in [1.54, 1.807) is 0 Å². The van der Waals surface area contributed by atoms with Gasteiger partial charge in [0.25, 0.3) is 0 Å². The number of aliphatic carboxylic acids is 1. The molecule has 0 radical (unpaired) electrons. The molecule has 126 valence electrons. The van der Waals surface area contributed by atoms with Crippen molar-refractivity contribution in [3.8, 4) is 0 Å². The maximum atomic E-state index is 13.1. The number of rotatable bonds is 1. The van der Waals surface area contributed by atoms with Crippen molar-refractivity contribution in [2.75, 3.05) is 6.54 Å². The van der Waals surface area contributed by atoms with Crippen LogP contribution in [0, 0.1) is 11.8 Å². The van der Waals surface area contributed by atoms with Crippen LogP contribution in [0.1, 0.15) is 17.3 Å². The first-order valence-electron chi connectivity index (χ1n) is 8.62. The lowest BCUT2D eigenvalue weighted by Gasteiger charge is -2.36. The van der Waals surface area contributed by atoms with Crippen LogP contribution in [-0.4, -0.2) is 45.1 Å². The minimum absolute atomic E-state index is 0.0893. The van der Waals surface area contributed by atoms with E-state index in [4.69, 9.17) is 4.74 Å². The monoisotopic (exact) mass is 336 g/mol. The molecule has 2 aromatic rings. The van der Waals surface area contributed by atoms with Crippen molar-refractivity contribution in [3.05, 3.63) is 47.7 Å². The number of aromatic amines is 1. The van der Waals surface area contributed by atoms with E-state index in [2.05, 4.69) is 11.1 Å². The van der Waals surface area contributed by atoms with Gasteiger partial charge in [-0.1, -0.05) is 30.4 Å². The third-order valence-corrected chi connectivity index (χ3v) is 6.38. The average molecular weight is 336 g/mol. The van der Waals surface area contributed by atoms with Gasteiger partial charge in [-0.3, -0.25) is 9.59 Å². The molecule has 5 atom stereocenters. The van der Waals surface area contributed by atoms with Gasteiger partial charge in [-0.2, -0.15) is 0 Å². The number of hydrogen-bond donors (Lipinski definition) is 2. The van der Waals surface area contributed by atoms with E-state index < -0.39 is 29.5 Å². The summed E-state index contributed by atoms with van der Waals surface area (Å²) < 4.78 is 6.18. The predicted octanol–water partition coefficient (Wildman–Crippen LogP) is 1.63. The zero-order valence-corrected chi connectivity index (χ0v) is 13.3. The molecule has 6 heteroatoms. The van der Waals surface area contributed by atoms with Crippen LogP contribution in [0.4, 0.5) is 0 Å². The third-order valence-electron chi connectivity index (χ3n) is 6.38. The fourth-order valence-corrected chi connectivity index (χ4v) is 5.48. The molecule has 1 aromatic carbocycles. The lowest BCUT2D eigenvalue weighted by Crippen LogP contribution is -2.41. The molecule has 6 nitrogen and oxygen atoms in total. The summed E-state index contributed by atoms with van der Waals surface area (Å²) >= 11 is 0. The topological polar surface area (TPSA) is 82.6 Å². The average Bonchev–Trinajstić information content (AvgIpc) is 3.32. The van der Waals surface area contributed by atoms with Crippen molar-refractivity contribution >= 4 is 22.8 Å². The quantitative estimate of drug-likeness (QED) is 0.776. The number of carboxylic acid groups (broad SMARTS) is 1. The minimum atomic E-state index is -0.953. The van der Waals surface area contributed by atoms with Gasteiger partial charge in [0.2, 0.25) is 5.91 Å². The Morgan fingerprint density at radius 2 is 2.20 bits per heavy atom. The Morgan fingerprint density at radius 3 is 3.04 bits per heavy atom. The molecule has 2 fully saturated rings. The molecule has 2 bridgehead atoms. The molecular formula is C19H16N2O4. The first kappa shape index (κ1) is 13.7. The van der Waals surface area contributed by atoms with Gasteiger partial charge in [-0.15, -0.1) is 0 Å². The number of nitrogens with one attached hydrogen (secondary N) is 1. The van der Waals surface area contributed by atoms with Crippen LogP contribution in [0.3, 0.4) is 0 Å². The number of carbonyl (C=O) groups is 2. The van der Waals surface area contributed by atoms with Gasteiger partial charge < -0.3 is 19.7 Å². The van der Waals surface area contributed by atoms with Crippen LogP contribution < -0.4 is 0 Å². The van der Waals surface area contributed by atoms with E-state index >= 15 is 0 Å². The first-order chi connectivity index (χ1) is 12.1. The van der Waals surface area contributed by atoms with E-state index in [0.717, 1.165) is 17.6 Å². The standard InChI is InChI=1S/C19H16N2O4/c22-17-14-13(18(23)24)12-5-7-19(14,25-12)16-15-10(6-8-21(16)17)9-3-1-2-4-11(9)20-15/h1-5,7,12-14,16,20H,6,8H2,(H,23,24)/t12-,13-,14+,16+,19+/m0/s1. The summed E-state index contributed by atoms with van der Waals surface area (Å²) in [5.74, 6) is -2.47. The molecule has 0 unspecified atom stereocenters. The number of H-pyrrole nitrogens is 1.